The summed E-state index contributed by atoms with van der Waals surface area (Å²) in [5, 5.41) is 2.63. The monoisotopic (exact) mass is 587 g/mol. The molecule has 2 heterocycles. The van der Waals surface area contributed by atoms with E-state index in [1.54, 1.807) is 37.4 Å². The number of carbonyl (C=O) groups excluding carboxylic acids is 1. The van der Waals surface area contributed by atoms with Gasteiger partial charge in [0, 0.05) is 36.6 Å². The first-order valence-corrected chi connectivity index (χ1v) is 20.3. The number of carbonyl (C=O) groups is 1. The molecule has 5 atom stereocenters. The largest absolute Gasteiger partial charge is 0.409 e. The van der Waals surface area contributed by atoms with Gasteiger partial charge in [-0.25, -0.2) is 9.18 Å². The lowest BCUT2D eigenvalue weighted by Crippen LogP contribution is -2.54. The molecule has 5 rings (SSSR count). The molecule has 2 aliphatic carbocycles. The third-order valence-electron chi connectivity index (χ3n) is 8.94. The number of amides is 1. The minimum atomic E-state index is -2.36. The summed E-state index contributed by atoms with van der Waals surface area (Å²) in [5.41, 5.74) is -2.95. The summed E-state index contributed by atoms with van der Waals surface area (Å²) in [6.07, 6.45) is 1.11. The summed E-state index contributed by atoms with van der Waals surface area (Å²) in [7, 11) is -4.50. The van der Waals surface area contributed by atoms with E-state index in [9.17, 15) is 9.59 Å². The molecular weight excluding hydrogens is 546 g/mol. The maximum Gasteiger partial charge on any atom is 0.351 e. The van der Waals surface area contributed by atoms with Gasteiger partial charge in [0.05, 0.1) is 5.60 Å². The zero-order valence-corrected chi connectivity index (χ0v) is 27.1. The number of benzene rings is 1. The fourth-order valence-electron chi connectivity index (χ4n) is 6.18. The van der Waals surface area contributed by atoms with Crippen molar-refractivity contribution in [1.29, 1.82) is 0 Å². The zero-order chi connectivity index (χ0) is 29.5. The molecule has 3 aliphatic rings. The maximum absolute atomic E-state index is 16.4. The highest BCUT2D eigenvalue weighted by Gasteiger charge is 2.87. The average Bonchev–Trinajstić information content (AvgIpc) is 3.10. The molecular formula is C29H42FN3O5Si2. The highest BCUT2D eigenvalue weighted by Crippen LogP contribution is 2.73. The highest BCUT2D eigenvalue weighted by atomic mass is 28.4. The van der Waals surface area contributed by atoms with Crippen molar-refractivity contribution >= 4 is 28.4 Å². The number of aromatic nitrogens is 2. The molecule has 8 nitrogen and oxygen atoms in total. The number of alkyl halides is 1. The second-order valence-electron chi connectivity index (χ2n) is 14.3. The molecule has 0 bridgehead atoms. The van der Waals surface area contributed by atoms with Crippen LogP contribution in [0.5, 0.6) is 0 Å². The van der Waals surface area contributed by atoms with Crippen molar-refractivity contribution in [2.75, 3.05) is 5.32 Å². The third-order valence-corrected chi connectivity index (χ3v) is 14.4. The van der Waals surface area contributed by atoms with Crippen LogP contribution in [0.2, 0.25) is 37.8 Å². The molecule has 1 aliphatic heterocycles. The van der Waals surface area contributed by atoms with Gasteiger partial charge in [0.2, 0.25) is 0 Å². The molecule has 0 radical (unpaired) electrons. The Morgan fingerprint density at radius 3 is 2.38 bits per heavy atom. The van der Waals surface area contributed by atoms with E-state index in [1.165, 1.54) is 4.57 Å². The first-order valence-electron chi connectivity index (χ1n) is 14.0. The summed E-state index contributed by atoms with van der Waals surface area (Å²) in [4.78, 5) is 30.2. The Morgan fingerprint density at radius 2 is 1.77 bits per heavy atom. The van der Waals surface area contributed by atoms with Gasteiger partial charge in [-0.05, 0) is 56.8 Å². The van der Waals surface area contributed by atoms with Crippen LogP contribution in [0.15, 0.2) is 41.3 Å². The molecule has 2 aromatic rings. The third kappa shape index (κ3) is 4.83. The second-order valence-corrected chi connectivity index (χ2v) is 23.5. The molecule has 1 aromatic carbocycles. The zero-order valence-electron chi connectivity index (χ0n) is 25.1. The van der Waals surface area contributed by atoms with Crippen LogP contribution < -0.4 is 11.0 Å². The van der Waals surface area contributed by atoms with Crippen molar-refractivity contribution in [3.8, 4) is 0 Å². The highest BCUT2D eigenvalue weighted by molar-refractivity contribution is 6.74. The number of nitrogens with zero attached hydrogens (tertiary/aromatic N) is 2. The number of nitrogens with one attached hydrogen (secondary N) is 1. The minimum Gasteiger partial charge on any atom is -0.409 e. The number of hydrogen-bond acceptors (Lipinski definition) is 6. The molecule has 40 heavy (non-hydrogen) atoms. The van der Waals surface area contributed by atoms with Crippen molar-refractivity contribution in [3.63, 3.8) is 0 Å². The van der Waals surface area contributed by atoms with Gasteiger partial charge in [0.15, 0.2) is 16.6 Å². The molecule has 3 fully saturated rings. The second kappa shape index (κ2) is 9.16. The van der Waals surface area contributed by atoms with Gasteiger partial charge in [0.25, 0.3) is 5.91 Å². The molecule has 1 N–H and O–H groups in total. The smallest absolute Gasteiger partial charge is 0.351 e. The SMILES string of the molecule is Cc1cn([C@H]2C[C@@]3(O[Si](C)(C)C)C[C@]4(F)C[C@]4(O[Si](C)(C)C(C)(C)C)[C@H]3O2)c(=O)nc1NC(=O)c1ccccc1. The van der Waals surface area contributed by atoms with Crippen LogP contribution in [0.3, 0.4) is 0 Å². The summed E-state index contributed by atoms with van der Waals surface area (Å²) < 4.78 is 38.1. The molecule has 1 saturated heterocycles. The molecule has 0 unspecified atom stereocenters. The van der Waals surface area contributed by atoms with Crippen molar-refractivity contribution in [1.82, 2.24) is 9.55 Å². The summed E-state index contributed by atoms with van der Waals surface area (Å²) in [6, 6.07) is 8.76. The lowest BCUT2D eigenvalue weighted by Gasteiger charge is -2.43. The van der Waals surface area contributed by atoms with Gasteiger partial charge in [-0.2, -0.15) is 4.98 Å². The van der Waals surface area contributed by atoms with Gasteiger partial charge in [-0.1, -0.05) is 39.0 Å². The number of aryl methyl sites for hydroxylation is 1. The van der Waals surface area contributed by atoms with E-state index in [0.717, 1.165) is 0 Å². The number of ether oxygens (including phenoxy) is 1. The van der Waals surface area contributed by atoms with Gasteiger partial charge in [0.1, 0.15) is 29.4 Å². The van der Waals surface area contributed by atoms with Crippen LogP contribution in [0.1, 0.15) is 62.2 Å². The first kappa shape index (κ1) is 29.3. The predicted octanol–water partition coefficient (Wildman–Crippen LogP) is 5.96. The van der Waals surface area contributed by atoms with Crippen molar-refractivity contribution < 1.29 is 22.8 Å². The fourth-order valence-corrected chi connectivity index (χ4v) is 9.24. The van der Waals surface area contributed by atoms with E-state index in [-0.39, 0.29) is 29.6 Å². The topological polar surface area (TPSA) is 91.7 Å². The molecule has 0 spiro atoms. The molecule has 2 saturated carbocycles. The molecule has 218 valence electrons. The molecule has 1 amide bonds. The van der Waals surface area contributed by atoms with E-state index in [1.807, 2.05) is 6.07 Å². The van der Waals surface area contributed by atoms with Crippen LogP contribution in [-0.4, -0.2) is 55.1 Å². The fraction of sp³-hybridized carbons (Fsp3) is 0.621. The summed E-state index contributed by atoms with van der Waals surface area (Å²) >= 11 is 0. The van der Waals surface area contributed by atoms with Crippen LogP contribution in [0.25, 0.3) is 0 Å². The minimum absolute atomic E-state index is 0.105. The van der Waals surface area contributed by atoms with Gasteiger partial charge in [-0.15, -0.1) is 0 Å². The Labute approximate surface area is 237 Å². The normalized spacial score (nSPS) is 31.6. The van der Waals surface area contributed by atoms with Gasteiger partial charge in [-0.3, -0.25) is 9.36 Å². The van der Waals surface area contributed by atoms with Crippen molar-refractivity contribution in [3.05, 3.63) is 58.1 Å². The summed E-state index contributed by atoms with van der Waals surface area (Å²) in [5.74, 6) is -0.149. The van der Waals surface area contributed by atoms with E-state index < -0.39 is 51.5 Å². The number of hydrogen-bond donors (Lipinski definition) is 1. The summed E-state index contributed by atoms with van der Waals surface area (Å²) in [6.45, 7) is 18.7. The first-order chi connectivity index (χ1) is 18.3. The lowest BCUT2D eigenvalue weighted by atomic mass is 9.92. The number of rotatable bonds is 7. The predicted molar refractivity (Wildman–Crippen MR) is 157 cm³/mol. The Hall–Kier alpha value is -2.19. The Morgan fingerprint density at radius 1 is 1.12 bits per heavy atom. The van der Waals surface area contributed by atoms with E-state index in [4.69, 9.17) is 13.6 Å². The van der Waals surface area contributed by atoms with Crippen LogP contribution in [0, 0.1) is 6.92 Å². The van der Waals surface area contributed by atoms with Crippen LogP contribution in [-0.2, 0) is 13.6 Å². The Bertz CT molecular complexity index is 1390. The standard InChI is InChI=1S/C29H42FN3O5Si2/c1-19-16-33(25(35)32-22(19)31-23(34)20-13-11-10-12-14-20)21-15-27(37-39(5,6)7)17-28(30)18-29(28,24(27)36-21)38-40(8,9)26(2,3)4/h10-14,16,21,24H,15,17-18H2,1-9H3,(H,31,32,34,35)/t21-,24+,27-,28+,29+/m1/s1. The van der Waals surface area contributed by atoms with E-state index >= 15 is 4.39 Å². The Balaban J connectivity index is 1.46. The van der Waals surface area contributed by atoms with Gasteiger partial charge < -0.3 is 18.9 Å². The average molecular weight is 588 g/mol. The lowest BCUT2D eigenvalue weighted by molar-refractivity contribution is -0.100. The van der Waals surface area contributed by atoms with Crippen molar-refractivity contribution in [2.45, 2.75) is 114 Å². The number of fused-ring (bicyclic) bond motifs is 3. The maximum atomic E-state index is 16.4. The number of halogens is 1. The molecule has 1 aromatic heterocycles. The van der Waals surface area contributed by atoms with Crippen LogP contribution in [0.4, 0.5) is 10.2 Å². The number of anilines is 1. The Kier molecular flexibility index (Phi) is 6.71. The van der Waals surface area contributed by atoms with Crippen molar-refractivity contribution in [2.24, 2.45) is 0 Å². The van der Waals surface area contributed by atoms with Gasteiger partial charge >= 0.3 is 5.69 Å². The quantitative estimate of drug-likeness (QED) is 0.402. The van der Waals surface area contributed by atoms with Crippen LogP contribution >= 0.6 is 0 Å². The molecule has 11 heteroatoms. The van der Waals surface area contributed by atoms with E-state index in [2.05, 4.69) is 63.8 Å². The van der Waals surface area contributed by atoms with E-state index in [0.29, 0.717) is 17.5 Å².